The van der Waals surface area contributed by atoms with Crippen LogP contribution in [0.3, 0.4) is 0 Å². The van der Waals surface area contributed by atoms with Gasteiger partial charge in [-0.2, -0.15) is 10.2 Å². The highest BCUT2D eigenvalue weighted by Crippen LogP contribution is 2.28. The Balaban J connectivity index is 1.39. The topological polar surface area (TPSA) is 74.0 Å². The van der Waals surface area contributed by atoms with Gasteiger partial charge in [0.05, 0.1) is 11.0 Å². The van der Waals surface area contributed by atoms with E-state index in [9.17, 15) is 4.79 Å². The zero-order valence-corrected chi connectivity index (χ0v) is 21.2. The highest BCUT2D eigenvalue weighted by molar-refractivity contribution is 9.10. The van der Waals surface area contributed by atoms with Crippen LogP contribution in [0.5, 0.6) is 5.75 Å². The number of ether oxygens (including phenoxy) is 1. The fourth-order valence-electron chi connectivity index (χ4n) is 2.84. The molecule has 0 aliphatic rings. The number of carbonyl (C=O) groups is 1. The number of nitrogens with one attached hydrogen (secondary N) is 1. The van der Waals surface area contributed by atoms with Crippen molar-refractivity contribution in [3.63, 3.8) is 0 Å². The van der Waals surface area contributed by atoms with E-state index in [1.807, 2.05) is 0 Å². The maximum Gasteiger partial charge on any atom is 0.277 e. The first-order valence-electron chi connectivity index (χ1n) is 9.38. The van der Waals surface area contributed by atoms with Gasteiger partial charge in [0.25, 0.3) is 5.91 Å². The smallest absolute Gasteiger partial charge is 0.277 e. The summed E-state index contributed by atoms with van der Waals surface area (Å²) in [5, 5.41) is 13.1. The Morgan fingerprint density at radius 2 is 1.73 bits per heavy atom. The minimum atomic E-state index is -0.460. The van der Waals surface area contributed by atoms with Gasteiger partial charge in [-0.05, 0) is 57.9 Å². The molecule has 2 aromatic carbocycles. The summed E-state index contributed by atoms with van der Waals surface area (Å²) in [6.07, 6.45) is 3.22. The predicted molar refractivity (Wildman–Crippen MR) is 133 cm³/mol. The Morgan fingerprint density at radius 3 is 2.48 bits per heavy atom. The SMILES string of the molecule is O=C(Nc1nn(Cc2ccc(Cl)cc2Cl)cc1Cl)c1ccn(COc2ccc(Cl)cc2Br)n1. The molecule has 0 bridgehead atoms. The maximum absolute atomic E-state index is 12.6. The van der Waals surface area contributed by atoms with Gasteiger partial charge in [-0.25, -0.2) is 4.68 Å². The van der Waals surface area contributed by atoms with Gasteiger partial charge >= 0.3 is 0 Å². The zero-order chi connectivity index (χ0) is 23.5. The predicted octanol–water partition coefficient (Wildman–Crippen LogP) is 6.79. The van der Waals surface area contributed by atoms with Gasteiger partial charge in [0.15, 0.2) is 18.2 Å². The van der Waals surface area contributed by atoms with E-state index < -0.39 is 5.91 Å². The van der Waals surface area contributed by atoms with Crippen molar-refractivity contribution in [1.82, 2.24) is 19.6 Å². The van der Waals surface area contributed by atoms with Gasteiger partial charge in [0.1, 0.15) is 10.8 Å². The largest absolute Gasteiger partial charge is 0.470 e. The van der Waals surface area contributed by atoms with Crippen LogP contribution in [-0.2, 0) is 13.3 Å². The van der Waals surface area contributed by atoms with Crippen LogP contribution in [0.25, 0.3) is 0 Å². The van der Waals surface area contributed by atoms with E-state index in [2.05, 4.69) is 31.4 Å². The van der Waals surface area contributed by atoms with Crippen LogP contribution in [-0.4, -0.2) is 25.5 Å². The van der Waals surface area contributed by atoms with Crippen molar-refractivity contribution in [1.29, 1.82) is 0 Å². The lowest BCUT2D eigenvalue weighted by molar-refractivity contribution is 0.101. The van der Waals surface area contributed by atoms with Crippen molar-refractivity contribution >= 4 is 74.1 Å². The Morgan fingerprint density at radius 1 is 0.970 bits per heavy atom. The molecule has 1 amide bonds. The number of halogens is 5. The molecular formula is C21H14BrCl4N5O2. The number of benzene rings is 2. The Hall–Kier alpha value is -2.23. The first-order chi connectivity index (χ1) is 15.8. The van der Waals surface area contributed by atoms with Gasteiger partial charge in [-0.1, -0.05) is 52.5 Å². The van der Waals surface area contributed by atoms with Gasteiger partial charge < -0.3 is 10.1 Å². The Labute approximate surface area is 217 Å². The molecule has 2 aromatic heterocycles. The molecule has 0 unspecified atom stereocenters. The van der Waals surface area contributed by atoms with E-state index in [1.54, 1.807) is 59.5 Å². The van der Waals surface area contributed by atoms with E-state index in [4.69, 9.17) is 51.1 Å². The van der Waals surface area contributed by atoms with Crippen molar-refractivity contribution in [2.24, 2.45) is 0 Å². The van der Waals surface area contributed by atoms with Gasteiger partial charge in [0.2, 0.25) is 0 Å². The van der Waals surface area contributed by atoms with E-state index >= 15 is 0 Å². The summed E-state index contributed by atoms with van der Waals surface area (Å²) in [5.41, 5.74) is 0.990. The molecule has 1 N–H and O–H groups in total. The van der Waals surface area contributed by atoms with Crippen molar-refractivity contribution in [3.05, 3.63) is 90.7 Å². The molecule has 12 heteroatoms. The molecule has 0 spiro atoms. The van der Waals surface area contributed by atoms with Gasteiger partial charge in [-0.15, -0.1) is 0 Å². The second-order valence-electron chi connectivity index (χ2n) is 6.80. The van der Waals surface area contributed by atoms with Crippen molar-refractivity contribution in [2.45, 2.75) is 13.3 Å². The fraction of sp³-hybridized carbons (Fsp3) is 0.0952. The number of nitrogens with zero attached hydrogens (tertiary/aromatic N) is 4. The van der Waals surface area contributed by atoms with E-state index in [0.717, 1.165) is 5.56 Å². The second-order valence-corrected chi connectivity index (χ2v) is 9.34. The molecule has 4 rings (SSSR count). The molecule has 7 nitrogen and oxygen atoms in total. The van der Waals surface area contributed by atoms with Crippen molar-refractivity contribution in [2.75, 3.05) is 5.32 Å². The molecule has 170 valence electrons. The van der Waals surface area contributed by atoms with Crippen LogP contribution in [0.15, 0.2) is 59.3 Å². The standard InChI is InChI=1S/C21H14BrCl4N5O2/c22-15-7-13(23)3-4-19(15)33-11-30-6-5-18(28-30)21(32)27-20-17(26)10-31(29-20)9-12-1-2-14(24)8-16(12)25/h1-8,10H,9,11H2,(H,27,29,32). The minimum Gasteiger partial charge on any atom is -0.470 e. The average molecular weight is 590 g/mol. The Kier molecular flexibility index (Phi) is 7.51. The molecule has 0 radical (unpaired) electrons. The number of rotatable bonds is 7. The van der Waals surface area contributed by atoms with Crippen LogP contribution in [0.2, 0.25) is 20.1 Å². The molecule has 0 aliphatic heterocycles. The molecule has 0 atom stereocenters. The van der Waals surface area contributed by atoms with Crippen LogP contribution in [0.1, 0.15) is 16.1 Å². The minimum absolute atomic E-state index is 0.102. The molecule has 0 saturated carbocycles. The highest BCUT2D eigenvalue weighted by atomic mass is 79.9. The average Bonchev–Trinajstić information content (AvgIpc) is 3.36. The van der Waals surface area contributed by atoms with E-state index in [0.29, 0.717) is 31.8 Å². The summed E-state index contributed by atoms with van der Waals surface area (Å²) in [6, 6.07) is 11.9. The number of hydrogen-bond acceptors (Lipinski definition) is 4. The first-order valence-corrected chi connectivity index (χ1v) is 11.7. The maximum atomic E-state index is 12.6. The molecular weight excluding hydrogens is 576 g/mol. The zero-order valence-electron chi connectivity index (χ0n) is 16.6. The van der Waals surface area contributed by atoms with E-state index in [1.165, 1.54) is 4.68 Å². The molecule has 33 heavy (non-hydrogen) atoms. The quantitative estimate of drug-likeness (QED) is 0.257. The normalized spacial score (nSPS) is 10.9. The third kappa shape index (κ3) is 6.02. The Bertz CT molecular complexity index is 1320. The molecule has 2 heterocycles. The summed E-state index contributed by atoms with van der Waals surface area (Å²) in [4.78, 5) is 12.6. The lowest BCUT2D eigenvalue weighted by Crippen LogP contribution is -2.15. The lowest BCUT2D eigenvalue weighted by Gasteiger charge is -2.08. The number of hydrogen-bond donors (Lipinski definition) is 1. The third-order valence-corrected chi connectivity index (χ3v) is 6.13. The van der Waals surface area contributed by atoms with Crippen LogP contribution in [0.4, 0.5) is 5.82 Å². The number of aromatic nitrogens is 4. The summed E-state index contributed by atoms with van der Waals surface area (Å²) in [7, 11) is 0. The van der Waals surface area contributed by atoms with E-state index in [-0.39, 0.29) is 23.3 Å². The highest BCUT2D eigenvalue weighted by Gasteiger charge is 2.15. The molecule has 0 aliphatic carbocycles. The van der Waals surface area contributed by atoms with Gasteiger partial charge in [0, 0.05) is 27.5 Å². The molecule has 4 aromatic rings. The third-order valence-electron chi connectivity index (χ3n) is 4.42. The first kappa shape index (κ1) is 23.9. The van der Waals surface area contributed by atoms with Crippen molar-refractivity contribution in [3.8, 4) is 5.75 Å². The van der Waals surface area contributed by atoms with Crippen LogP contribution in [0, 0.1) is 0 Å². The summed E-state index contributed by atoms with van der Waals surface area (Å²) < 4.78 is 9.46. The number of anilines is 1. The van der Waals surface area contributed by atoms with Crippen LogP contribution < -0.4 is 10.1 Å². The monoisotopic (exact) mass is 587 g/mol. The summed E-state index contributed by atoms with van der Waals surface area (Å²) in [5.74, 6) is 0.347. The number of carbonyl (C=O) groups excluding carboxylic acids is 1. The lowest BCUT2D eigenvalue weighted by atomic mass is 10.2. The summed E-state index contributed by atoms with van der Waals surface area (Å²) >= 11 is 27.7. The van der Waals surface area contributed by atoms with Gasteiger partial charge in [-0.3, -0.25) is 9.48 Å². The van der Waals surface area contributed by atoms with Crippen molar-refractivity contribution < 1.29 is 9.53 Å². The van der Waals surface area contributed by atoms with Crippen LogP contribution >= 0.6 is 62.3 Å². The molecule has 0 fully saturated rings. The summed E-state index contributed by atoms with van der Waals surface area (Å²) in [6.45, 7) is 0.461. The number of amides is 1. The fourth-order valence-corrected chi connectivity index (χ4v) is 4.30. The second kappa shape index (κ2) is 10.4. The molecule has 0 saturated heterocycles.